The van der Waals surface area contributed by atoms with E-state index in [0.717, 1.165) is 24.4 Å². The summed E-state index contributed by atoms with van der Waals surface area (Å²) in [7, 11) is 0. The molecule has 0 aliphatic carbocycles. The normalized spacial score (nSPS) is 9.94. The lowest BCUT2D eigenvalue weighted by Crippen LogP contribution is -2.13. The van der Waals surface area contributed by atoms with Crippen molar-refractivity contribution in [2.45, 2.75) is 13.1 Å². The van der Waals surface area contributed by atoms with Crippen LogP contribution < -0.4 is 10.1 Å². The number of ether oxygens (including phenoxy) is 1. The molecule has 92 valence electrons. The fraction of sp³-hybridized carbons (Fsp3) is 0.200. The van der Waals surface area contributed by atoms with E-state index in [1.54, 1.807) is 11.3 Å². The van der Waals surface area contributed by atoms with Gasteiger partial charge in [-0.2, -0.15) is 11.3 Å². The number of nitrogens with one attached hydrogen (secondary N) is 1. The zero-order valence-electron chi connectivity index (χ0n) is 10.1. The van der Waals surface area contributed by atoms with Crippen molar-refractivity contribution in [2.24, 2.45) is 0 Å². The lowest BCUT2D eigenvalue weighted by atomic mass is 10.2. The molecule has 1 heterocycles. The molecule has 18 heavy (non-hydrogen) atoms. The van der Waals surface area contributed by atoms with Crippen molar-refractivity contribution in [2.75, 3.05) is 6.61 Å². The molecule has 2 rings (SSSR count). The van der Waals surface area contributed by atoms with Crippen LogP contribution in [0.1, 0.15) is 11.1 Å². The first-order valence-corrected chi connectivity index (χ1v) is 6.70. The van der Waals surface area contributed by atoms with E-state index in [9.17, 15) is 0 Å². The minimum Gasteiger partial charge on any atom is -0.481 e. The van der Waals surface area contributed by atoms with Crippen molar-refractivity contribution in [1.29, 1.82) is 0 Å². The zero-order valence-corrected chi connectivity index (χ0v) is 10.9. The highest BCUT2D eigenvalue weighted by atomic mass is 32.1. The number of rotatable bonds is 6. The molecule has 0 atom stereocenters. The van der Waals surface area contributed by atoms with Crippen LogP contribution in [0, 0.1) is 12.3 Å². The molecule has 0 amide bonds. The zero-order chi connectivity index (χ0) is 12.6. The highest BCUT2D eigenvalue weighted by Crippen LogP contribution is 2.17. The molecular formula is C15H15NOS. The van der Waals surface area contributed by atoms with Crippen LogP contribution in [-0.4, -0.2) is 6.61 Å². The van der Waals surface area contributed by atoms with Gasteiger partial charge < -0.3 is 10.1 Å². The smallest absolute Gasteiger partial charge is 0.148 e. The molecule has 0 saturated heterocycles. The van der Waals surface area contributed by atoms with Gasteiger partial charge in [0.2, 0.25) is 0 Å². The SMILES string of the molecule is C#CCOc1ccccc1CNCc1ccsc1. The van der Waals surface area contributed by atoms with Gasteiger partial charge in [0.25, 0.3) is 0 Å². The number of terminal acetylenes is 1. The minimum absolute atomic E-state index is 0.307. The molecular weight excluding hydrogens is 242 g/mol. The van der Waals surface area contributed by atoms with Crippen LogP contribution in [0.5, 0.6) is 5.75 Å². The number of hydrogen-bond donors (Lipinski definition) is 1. The average Bonchev–Trinajstić information content (AvgIpc) is 2.91. The number of para-hydroxylation sites is 1. The standard InChI is InChI=1S/C15H15NOS/c1-2-8-17-15-6-4-3-5-14(15)11-16-10-13-7-9-18-12-13/h1,3-7,9,12,16H,8,10-11H2. The molecule has 1 aromatic carbocycles. The second kappa shape index (κ2) is 6.85. The first-order valence-electron chi connectivity index (χ1n) is 5.76. The van der Waals surface area contributed by atoms with E-state index < -0.39 is 0 Å². The summed E-state index contributed by atoms with van der Waals surface area (Å²) in [5.41, 5.74) is 2.44. The van der Waals surface area contributed by atoms with E-state index in [2.05, 4.69) is 28.1 Å². The lowest BCUT2D eigenvalue weighted by molar-refractivity contribution is 0.365. The van der Waals surface area contributed by atoms with Crippen molar-refractivity contribution >= 4 is 11.3 Å². The van der Waals surface area contributed by atoms with Gasteiger partial charge in [-0.15, -0.1) is 6.42 Å². The predicted octanol–water partition coefficient (Wildman–Crippen LogP) is 3.05. The van der Waals surface area contributed by atoms with Gasteiger partial charge in [-0.3, -0.25) is 0 Å². The van der Waals surface area contributed by atoms with Gasteiger partial charge in [-0.05, 0) is 28.5 Å². The van der Waals surface area contributed by atoms with Crippen LogP contribution in [0.25, 0.3) is 0 Å². The van der Waals surface area contributed by atoms with E-state index in [0.29, 0.717) is 6.61 Å². The Kier molecular flexibility index (Phi) is 4.83. The first kappa shape index (κ1) is 12.7. The topological polar surface area (TPSA) is 21.3 Å². The lowest BCUT2D eigenvalue weighted by Gasteiger charge is -2.10. The van der Waals surface area contributed by atoms with Crippen molar-refractivity contribution in [3.05, 3.63) is 52.2 Å². The molecule has 0 bridgehead atoms. The van der Waals surface area contributed by atoms with Gasteiger partial charge in [0.05, 0.1) is 0 Å². The number of thiophene rings is 1. The molecule has 0 fully saturated rings. The van der Waals surface area contributed by atoms with E-state index >= 15 is 0 Å². The summed E-state index contributed by atoms with van der Waals surface area (Å²) in [4.78, 5) is 0. The second-order valence-corrected chi connectivity index (χ2v) is 4.62. The third-order valence-electron chi connectivity index (χ3n) is 2.51. The fourth-order valence-corrected chi connectivity index (χ4v) is 2.31. The Morgan fingerprint density at radius 1 is 1.22 bits per heavy atom. The van der Waals surface area contributed by atoms with Gasteiger partial charge in [0.15, 0.2) is 0 Å². The Morgan fingerprint density at radius 2 is 2.11 bits per heavy atom. The highest BCUT2D eigenvalue weighted by Gasteiger charge is 2.02. The van der Waals surface area contributed by atoms with Crippen molar-refractivity contribution in [1.82, 2.24) is 5.32 Å². The molecule has 0 aliphatic rings. The van der Waals surface area contributed by atoms with Crippen molar-refractivity contribution < 1.29 is 4.74 Å². The largest absolute Gasteiger partial charge is 0.481 e. The third kappa shape index (κ3) is 3.63. The van der Waals surface area contributed by atoms with E-state index in [-0.39, 0.29) is 0 Å². The van der Waals surface area contributed by atoms with Crippen molar-refractivity contribution in [3.63, 3.8) is 0 Å². The molecule has 3 heteroatoms. The summed E-state index contributed by atoms with van der Waals surface area (Å²) in [5, 5.41) is 7.63. The quantitative estimate of drug-likeness (QED) is 0.803. The Bertz CT molecular complexity index is 514. The Balaban J connectivity index is 1.90. The molecule has 2 aromatic rings. The maximum Gasteiger partial charge on any atom is 0.148 e. The van der Waals surface area contributed by atoms with Gasteiger partial charge in [-0.25, -0.2) is 0 Å². The second-order valence-electron chi connectivity index (χ2n) is 3.84. The number of benzene rings is 1. The maximum atomic E-state index is 5.50. The van der Waals surface area contributed by atoms with Gasteiger partial charge >= 0.3 is 0 Å². The highest BCUT2D eigenvalue weighted by molar-refractivity contribution is 7.07. The summed E-state index contributed by atoms with van der Waals surface area (Å²) in [6, 6.07) is 10.1. The predicted molar refractivity (Wildman–Crippen MR) is 75.6 cm³/mol. The van der Waals surface area contributed by atoms with Gasteiger partial charge in [0.1, 0.15) is 12.4 Å². The molecule has 0 spiro atoms. The van der Waals surface area contributed by atoms with Crippen LogP contribution in [0.4, 0.5) is 0 Å². The summed E-state index contributed by atoms with van der Waals surface area (Å²) in [5.74, 6) is 3.34. The summed E-state index contributed by atoms with van der Waals surface area (Å²) >= 11 is 1.71. The van der Waals surface area contributed by atoms with Gasteiger partial charge in [0, 0.05) is 18.7 Å². The Morgan fingerprint density at radius 3 is 2.89 bits per heavy atom. The molecule has 1 aromatic heterocycles. The van der Waals surface area contributed by atoms with Crippen LogP contribution in [0.15, 0.2) is 41.1 Å². The van der Waals surface area contributed by atoms with Crippen LogP contribution in [-0.2, 0) is 13.1 Å². The monoisotopic (exact) mass is 257 g/mol. The molecule has 0 unspecified atom stereocenters. The van der Waals surface area contributed by atoms with Crippen LogP contribution >= 0.6 is 11.3 Å². The molecule has 1 N–H and O–H groups in total. The van der Waals surface area contributed by atoms with Gasteiger partial charge in [-0.1, -0.05) is 24.1 Å². The molecule has 0 aliphatic heterocycles. The number of hydrogen-bond acceptors (Lipinski definition) is 3. The van der Waals surface area contributed by atoms with E-state index in [1.807, 2.05) is 24.3 Å². The summed E-state index contributed by atoms with van der Waals surface area (Å²) in [6.07, 6.45) is 5.20. The molecule has 0 saturated carbocycles. The van der Waals surface area contributed by atoms with Crippen LogP contribution in [0.3, 0.4) is 0 Å². The van der Waals surface area contributed by atoms with E-state index in [4.69, 9.17) is 11.2 Å². The van der Waals surface area contributed by atoms with Crippen molar-refractivity contribution in [3.8, 4) is 18.1 Å². The Hall–Kier alpha value is -1.76. The summed E-state index contributed by atoms with van der Waals surface area (Å²) in [6.45, 7) is 1.95. The molecule has 0 radical (unpaired) electrons. The minimum atomic E-state index is 0.307. The average molecular weight is 257 g/mol. The third-order valence-corrected chi connectivity index (χ3v) is 3.24. The molecule has 2 nitrogen and oxygen atoms in total. The van der Waals surface area contributed by atoms with Crippen LogP contribution in [0.2, 0.25) is 0 Å². The first-order chi connectivity index (χ1) is 8.90. The maximum absolute atomic E-state index is 5.50. The fourth-order valence-electron chi connectivity index (χ4n) is 1.64. The van der Waals surface area contributed by atoms with E-state index in [1.165, 1.54) is 5.56 Å². The summed E-state index contributed by atoms with van der Waals surface area (Å²) < 4.78 is 5.50. The Labute approximate surface area is 112 Å².